The van der Waals surface area contributed by atoms with Crippen LogP contribution >= 0.6 is 0 Å². The third-order valence-electron chi connectivity index (χ3n) is 1.57. The lowest BCUT2D eigenvalue weighted by Gasteiger charge is -2.04. The monoisotopic (exact) mass is 217 g/mol. The van der Waals surface area contributed by atoms with Crippen LogP contribution in [0.3, 0.4) is 0 Å². The zero-order valence-electron chi connectivity index (χ0n) is 7.34. The largest absolute Gasteiger partial charge is 0.395 e. The molecule has 0 aromatic heterocycles. The predicted octanol–water partition coefficient (Wildman–Crippen LogP) is 0.338. The predicted molar refractivity (Wildman–Crippen MR) is 51.8 cm³/mol. The summed E-state index contributed by atoms with van der Waals surface area (Å²) in [5.74, 6) is 0. The maximum absolute atomic E-state index is 10.7. The Labute approximate surface area is 82.1 Å². The Morgan fingerprint density at radius 3 is 2.64 bits per heavy atom. The third-order valence-corrected chi connectivity index (χ3v) is 2.42. The van der Waals surface area contributed by atoms with Gasteiger partial charge in [-0.2, -0.15) is 8.42 Å². The third kappa shape index (κ3) is 2.99. The van der Waals surface area contributed by atoms with Crippen molar-refractivity contribution in [2.75, 3.05) is 18.5 Å². The first-order chi connectivity index (χ1) is 6.54. The Hall–Kier alpha value is -1.11. The summed E-state index contributed by atoms with van der Waals surface area (Å²) in [6.45, 7) is 0.283. The molecule has 0 aliphatic carbocycles. The van der Waals surface area contributed by atoms with Crippen LogP contribution in [0.4, 0.5) is 5.69 Å². The van der Waals surface area contributed by atoms with Crippen molar-refractivity contribution in [1.82, 2.24) is 0 Å². The Balaban J connectivity index is 2.90. The van der Waals surface area contributed by atoms with E-state index in [2.05, 4.69) is 5.32 Å². The second-order valence-electron chi connectivity index (χ2n) is 2.65. The van der Waals surface area contributed by atoms with Crippen LogP contribution in [-0.2, 0) is 10.1 Å². The fraction of sp³-hybridized carbons (Fsp3) is 0.250. The van der Waals surface area contributed by atoms with Crippen LogP contribution in [0.2, 0.25) is 0 Å². The first kappa shape index (κ1) is 11.0. The van der Waals surface area contributed by atoms with Crippen LogP contribution in [0, 0.1) is 0 Å². The average Bonchev–Trinajstić information content (AvgIpc) is 2.14. The molecule has 1 aromatic carbocycles. The lowest BCUT2D eigenvalue weighted by Crippen LogP contribution is -2.06. The molecular formula is C8H11NO4S. The molecule has 0 saturated carbocycles. The molecule has 1 aromatic rings. The van der Waals surface area contributed by atoms with Gasteiger partial charge in [0.05, 0.1) is 11.5 Å². The van der Waals surface area contributed by atoms with E-state index >= 15 is 0 Å². The molecule has 0 aliphatic rings. The zero-order valence-corrected chi connectivity index (χ0v) is 8.16. The van der Waals surface area contributed by atoms with Gasteiger partial charge in [-0.1, -0.05) is 6.07 Å². The minimum Gasteiger partial charge on any atom is -0.395 e. The van der Waals surface area contributed by atoms with Gasteiger partial charge in [-0.25, -0.2) is 0 Å². The minimum atomic E-state index is -4.15. The number of benzene rings is 1. The fourth-order valence-electron chi connectivity index (χ4n) is 0.967. The normalized spacial score (nSPS) is 11.3. The number of rotatable bonds is 4. The van der Waals surface area contributed by atoms with E-state index in [0.29, 0.717) is 12.2 Å². The quantitative estimate of drug-likeness (QED) is 0.633. The molecule has 1 rings (SSSR count). The molecule has 0 saturated heterocycles. The Morgan fingerprint density at radius 1 is 1.36 bits per heavy atom. The van der Waals surface area contributed by atoms with E-state index in [9.17, 15) is 8.42 Å². The fourth-order valence-corrected chi connectivity index (χ4v) is 1.49. The number of aliphatic hydroxyl groups excluding tert-OH is 1. The van der Waals surface area contributed by atoms with E-state index in [4.69, 9.17) is 9.66 Å². The summed E-state index contributed by atoms with van der Waals surface area (Å²) in [6, 6.07) is 5.73. The van der Waals surface area contributed by atoms with E-state index in [1.165, 1.54) is 18.2 Å². The molecule has 0 fully saturated rings. The molecule has 0 heterocycles. The molecule has 0 spiro atoms. The van der Waals surface area contributed by atoms with Crippen molar-refractivity contribution in [2.24, 2.45) is 0 Å². The molecular weight excluding hydrogens is 206 g/mol. The van der Waals surface area contributed by atoms with Gasteiger partial charge in [0.1, 0.15) is 0 Å². The highest BCUT2D eigenvalue weighted by Gasteiger charge is 2.08. The van der Waals surface area contributed by atoms with Gasteiger partial charge in [-0.3, -0.25) is 4.55 Å². The van der Waals surface area contributed by atoms with Crippen molar-refractivity contribution in [3.05, 3.63) is 24.3 Å². The van der Waals surface area contributed by atoms with Crippen LogP contribution < -0.4 is 5.32 Å². The van der Waals surface area contributed by atoms with Crippen molar-refractivity contribution in [1.29, 1.82) is 0 Å². The number of nitrogens with one attached hydrogen (secondary N) is 1. The molecule has 0 unspecified atom stereocenters. The molecule has 3 N–H and O–H groups in total. The van der Waals surface area contributed by atoms with E-state index in [0.717, 1.165) is 0 Å². The maximum Gasteiger partial charge on any atom is 0.294 e. The van der Waals surface area contributed by atoms with E-state index < -0.39 is 10.1 Å². The number of hydrogen-bond acceptors (Lipinski definition) is 4. The molecule has 0 amide bonds. The van der Waals surface area contributed by atoms with Crippen LogP contribution in [0.1, 0.15) is 0 Å². The first-order valence-electron chi connectivity index (χ1n) is 3.96. The van der Waals surface area contributed by atoms with Crippen molar-refractivity contribution in [3.8, 4) is 0 Å². The van der Waals surface area contributed by atoms with E-state index in [-0.39, 0.29) is 11.5 Å². The van der Waals surface area contributed by atoms with Gasteiger partial charge in [-0.15, -0.1) is 0 Å². The highest BCUT2D eigenvalue weighted by molar-refractivity contribution is 7.85. The zero-order chi connectivity index (χ0) is 10.6. The number of aliphatic hydroxyl groups is 1. The van der Waals surface area contributed by atoms with E-state index in [1.807, 2.05) is 0 Å². The van der Waals surface area contributed by atoms with Gasteiger partial charge in [0.25, 0.3) is 10.1 Å². The van der Waals surface area contributed by atoms with E-state index in [1.54, 1.807) is 6.07 Å². The SMILES string of the molecule is O=S(=O)(O)c1cccc(NCCO)c1. The molecule has 0 aliphatic heterocycles. The Bertz CT molecular complexity index is 402. The highest BCUT2D eigenvalue weighted by atomic mass is 32.2. The highest BCUT2D eigenvalue weighted by Crippen LogP contribution is 2.14. The summed E-state index contributed by atoms with van der Waals surface area (Å²) >= 11 is 0. The van der Waals surface area contributed by atoms with Gasteiger partial charge >= 0.3 is 0 Å². The summed E-state index contributed by atoms with van der Waals surface area (Å²) in [5, 5.41) is 11.3. The van der Waals surface area contributed by atoms with Crippen LogP contribution in [0.5, 0.6) is 0 Å². The van der Waals surface area contributed by atoms with Gasteiger partial charge in [-0.05, 0) is 18.2 Å². The summed E-state index contributed by atoms with van der Waals surface area (Å²) in [4.78, 5) is -0.166. The molecule has 0 bridgehead atoms. The minimum absolute atomic E-state index is 0.0455. The molecule has 78 valence electrons. The lowest BCUT2D eigenvalue weighted by atomic mass is 10.3. The molecule has 0 radical (unpaired) electrons. The second kappa shape index (κ2) is 4.41. The molecule has 0 atom stereocenters. The van der Waals surface area contributed by atoms with Gasteiger partial charge in [0.2, 0.25) is 0 Å². The van der Waals surface area contributed by atoms with Crippen LogP contribution in [0.15, 0.2) is 29.2 Å². The summed E-state index contributed by atoms with van der Waals surface area (Å²) in [6.07, 6.45) is 0. The topological polar surface area (TPSA) is 86.6 Å². The smallest absolute Gasteiger partial charge is 0.294 e. The Kier molecular flexibility index (Phi) is 3.45. The molecule has 14 heavy (non-hydrogen) atoms. The molecule has 6 heteroatoms. The summed E-state index contributed by atoms with van der Waals surface area (Å²) in [7, 11) is -4.15. The average molecular weight is 217 g/mol. The van der Waals surface area contributed by atoms with Crippen molar-refractivity contribution in [2.45, 2.75) is 4.90 Å². The summed E-state index contributed by atoms with van der Waals surface area (Å²) < 4.78 is 30.2. The lowest BCUT2D eigenvalue weighted by molar-refractivity contribution is 0.311. The van der Waals surface area contributed by atoms with Crippen molar-refractivity contribution in [3.63, 3.8) is 0 Å². The van der Waals surface area contributed by atoms with Gasteiger partial charge in [0, 0.05) is 12.2 Å². The van der Waals surface area contributed by atoms with Crippen LogP contribution in [0.25, 0.3) is 0 Å². The first-order valence-corrected chi connectivity index (χ1v) is 5.40. The second-order valence-corrected chi connectivity index (χ2v) is 4.07. The summed E-state index contributed by atoms with van der Waals surface area (Å²) in [5.41, 5.74) is 0.536. The van der Waals surface area contributed by atoms with Gasteiger partial charge < -0.3 is 10.4 Å². The molecule has 5 nitrogen and oxygen atoms in total. The van der Waals surface area contributed by atoms with Gasteiger partial charge in [0.15, 0.2) is 0 Å². The standard InChI is InChI=1S/C8H11NO4S/c10-5-4-9-7-2-1-3-8(6-7)14(11,12)13/h1-3,6,9-10H,4-5H2,(H,11,12,13). The maximum atomic E-state index is 10.7. The number of anilines is 1. The Morgan fingerprint density at radius 2 is 2.07 bits per heavy atom. The van der Waals surface area contributed by atoms with Crippen LogP contribution in [-0.4, -0.2) is 31.2 Å². The van der Waals surface area contributed by atoms with Crippen molar-refractivity contribution < 1.29 is 18.1 Å². The number of hydrogen-bond donors (Lipinski definition) is 3. The van der Waals surface area contributed by atoms with Crippen molar-refractivity contribution >= 4 is 15.8 Å².